The Labute approximate surface area is 251 Å². The first kappa shape index (κ1) is 30.5. The quantitative estimate of drug-likeness (QED) is 0.407. The van der Waals surface area contributed by atoms with Crippen LogP contribution in [0, 0.1) is 40.4 Å². The number of ketones is 1. The molecule has 5 aliphatic rings. The zero-order chi connectivity index (χ0) is 30.1. The summed E-state index contributed by atoms with van der Waals surface area (Å²) in [6.07, 6.45) is 6.57. The van der Waals surface area contributed by atoms with E-state index >= 15 is 0 Å². The van der Waals surface area contributed by atoms with Crippen LogP contribution in [0.5, 0.6) is 0 Å². The molecule has 42 heavy (non-hydrogen) atoms. The molecule has 0 amide bonds. The molecule has 0 radical (unpaired) electrons. The Balaban J connectivity index is 1.20. The molecule has 0 unspecified atom stereocenters. The van der Waals surface area contributed by atoms with Gasteiger partial charge >= 0.3 is 0 Å². The third kappa shape index (κ3) is 4.58. The number of carbonyl (C=O) groups is 1. The molecule has 1 aromatic carbocycles. The van der Waals surface area contributed by atoms with E-state index in [4.69, 9.17) is 9.47 Å². The number of aliphatic hydroxyl groups excluding tert-OH is 1. The second-order valence-electron chi connectivity index (χ2n) is 15.3. The van der Waals surface area contributed by atoms with Crippen molar-refractivity contribution in [2.24, 2.45) is 40.4 Å². The van der Waals surface area contributed by atoms with Crippen molar-refractivity contribution in [2.45, 2.75) is 115 Å². The van der Waals surface area contributed by atoms with Crippen molar-refractivity contribution in [3.05, 3.63) is 47.5 Å². The number of aliphatic hydroxyl groups is 3. The first-order valence-electron chi connectivity index (χ1n) is 16.5. The molecule has 4 aliphatic carbocycles. The van der Waals surface area contributed by atoms with Crippen LogP contribution < -0.4 is 0 Å². The van der Waals surface area contributed by atoms with Gasteiger partial charge in [-0.3, -0.25) is 4.79 Å². The number of benzene rings is 1. The smallest absolute Gasteiger partial charge is 0.159 e. The largest absolute Gasteiger partial charge is 0.387 e. The lowest BCUT2D eigenvalue weighted by atomic mass is 9.46. The number of carbonyl (C=O) groups excluding carboxylic acids is 1. The molecule has 0 aromatic heterocycles. The highest BCUT2D eigenvalue weighted by Gasteiger charge is 2.69. The summed E-state index contributed by atoms with van der Waals surface area (Å²) < 4.78 is 12.3. The lowest BCUT2D eigenvalue weighted by molar-refractivity contribution is -0.193. The summed E-state index contributed by atoms with van der Waals surface area (Å²) >= 11 is 0. The third-order valence-electron chi connectivity index (χ3n) is 13.2. The van der Waals surface area contributed by atoms with Gasteiger partial charge in [-0.15, -0.1) is 0 Å². The summed E-state index contributed by atoms with van der Waals surface area (Å²) in [7, 11) is 0. The van der Waals surface area contributed by atoms with Crippen LogP contribution in [-0.2, 0) is 20.7 Å². The van der Waals surface area contributed by atoms with Crippen LogP contribution >= 0.6 is 0 Å². The highest BCUT2D eigenvalue weighted by atomic mass is 16.5. The minimum atomic E-state index is -1.42. The highest BCUT2D eigenvalue weighted by molar-refractivity contribution is 5.95. The molecular formula is C36H52O6. The molecule has 1 saturated heterocycles. The molecule has 3 saturated carbocycles. The monoisotopic (exact) mass is 580 g/mol. The average Bonchev–Trinajstić information content (AvgIpc) is 3.44. The normalized spacial score (nSPS) is 45.4. The first-order chi connectivity index (χ1) is 19.8. The summed E-state index contributed by atoms with van der Waals surface area (Å²) in [5.41, 5.74) is -1.30. The van der Waals surface area contributed by atoms with Gasteiger partial charge in [0.15, 0.2) is 5.78 Å². The van der Waals surface area contributed by atoms with E-state index in [0.717, 1.165) is 44.1 Å². The van der Waals surface area contributed by atoms with E-state index < -0.39 is 28.8 Å². The maximum Gasteiger partial charge on any atom is 0.159 e. The van der Waals surface area contributed by atoms with Gasteiger partial charge in [0.1, 0.15) is 6.10 Å². The van der Waals surface area contributed by atoms with Gasteiger partial charge in [0.05, 0.1) is 30.0 Å². The van der Waals surface area contributed by atoms with Crippen LogP contribution in [0.4, 0.5) is 0 Å². The second kappa shape index (κ2) is 10.8. The van der Waals surface area contributed by atoms with Crippen molar-refractivity contribution in [1.29, 1.82) is 0 Å². The van der Waals surface area contributed by atoms with E-state index in [0.29, 0.717) is 32.0 Å². The Bertz CT molecular complexity index is 1190. The molecule has 0 spiro atoms. The van der Waals surface area contributed by atoms with Gasteiger partial charge in [-0.05, 0) is 105 Å². The molecule has 1 aromatic rings. The van der Waals surface area contributed by atoms with Gasteiger partial charge in [-0.25, -0.2) is 0 Å². The fraction of sp³-hybridized carbons (Fsp3) is 0.750. The fourth-order valence-corrected chi connectivity index (χ4v) is 10.2. The van der Waals surface area contributed by atoms with Gasteiger partial charge in [-0.2, -0.15) is 0 Å². The van der Waals surface area contributed by atoms with Crippen LogP contribution in [0.15, 0.2) is 42.0 Å². The average molecular weight is 581 g/mol. The summed E-state index contributed by atoms with van der Waals surface area (Å²) in [5.74, 6) is 0.311. The Hall–Kier alpha value is -1.57. The van der Waals surface area contributed by atoms with Crippen molar-refractivity contribution in [3.8, 4) is 0 Å². The Kier molecular flexibility index (Phi) is 7.83. The van der Waals surface area contributed by atoms with Gasteiger partial charge in [0.25, 0.3) is 0 Å². The van der Waals surface area contributed by atoms with E-state index in [1.54, 1.807) is 13.0 Å². The molecular weight excluding hydrogens is 528 g/mol. The van der Waals surface area contributed by atoms with Gasteiger partial charge in [-0.1, -0.05) is 58.0 Å². The fourth-order valence-electron chi connectivity index (χ4n) is 10.2. The molecule has 12 atom stereocenters. The van der Waals surface area contributed by atoms with Gasteiger partial charge < -0.3 is 24.8 Å². The molecule has 1 heterocycles. The van der Waals surface area contributed by atoms with Crippen molar-refractivity contribution < 1.29 is 29.6 Å². The van der Waals surface area contributed by atoms with Crippen molar-refractivity contribution >= 4 is 5.78 Å². The Morgan fingerprint density at radius 2 is 1.81 bits per heavy atom. The minimum Gasteiger partial charge on any atom is -0.387 e. The third-order valence-corrected chi connectivity index (χ3v) is 13.2. The Morgan fingerprint density at radius 3 is 2.50 bits per heavy atom. The summed E-state index contributed by atoms with van der Waals surface area (Å²) in [6.45, 7) is 11.5. The molecule has 6 nitrogen and oxygen atoms in total. The standard InChI is InChI=1S/C36H52O6/c1-22-21-42-31(23(22)2)32(38)35(5,39)30-13-17-36(40)27-20-29(37)28-19-25(41-18-14-24-9-7-6-8-10-24)11-15-33(28,3)26(27)12-16-34(30,36)4/h6-10,20,22-23,25-26,28,30-32,38-40H,11-19,21H2,1-5H3/t22-,23+,25-,26-,28-,30-,31-,32+,33+,34+,35-,36+/m0/s1. The predicted octanol–water partition coefficient (Wildman–Crippen LogP) is 5.27. The zero-order valence-corrected chi connectivity index (χ0v) is 26.2. The van der Waals surface area contributed by atoms with Crippen LogP contribution in [0.2, 0.25) is 0 Å². The molecule has 6 heteroatoms. The summed E-state index contributed by atoms with van der Waals surface area (Å²) in [5, 5.41) is 36.1. The molecule has 232 valence electrons. The van der Waals surface area contributed by atoms with Crippen LogP contribution in [0.3, 0.4) is 0 Å². The van der Waals surface area contributed by atoms with Crippen molar-refractivity contribution in [1.82, 2.24) is 0 Å². The SMILES string of the molecule is C[C@H]1[C@@H]([C@@H](O)[C@@](C)(O)[C@H]2CC[C@@]3(O)C4=CC(=O)[C@@H]5C[C@@H](OCCc6ccccc6)CC[C@]5(C)[C@H]4CC[C@]23C)OC[C@@H]1C. The van der Waals surface area contributed by atoms with E-state index in [1.807, 2.05) is 6.07 Å². The zero-order valence-electron chi connectivity index (χ0n) is 26.2. The number of rotatable bonds is 7. The highest BCUT2D eigenvalue weighted by Crippen LogP contribution is 2.68. The molecule has 1 aliphatic heterocycles. The van der Waals surface area contributed by atoms with Crippen LogP contribution in [0.1, 0.15) is 85.1 Å². The molecule has 6 rings (SSSR count). The molecule has 3 N–H and O–H groups in total. The predicted molar refractivity (Wildman–Crippen MR) is 162 cm³/mol. The Morgan fingerprint density at radius 1 is 1.07 bits per heavy atom. The number of ether oxygens (including phenoxy) is 2. The van der Waals surface area contributed by atoms with Crippen molar-refractivity contribution in [3.63, 3.8) is 0 Å². The van der Waals surface area contributed by atoms with E-state index in [9.17, 15) is 20.1 Å². The minimum absolute atomic E-state index is 0.0815. The van der Waals surface area contributed by atoms with Gasteiger partial charge in [0, 0.05) is 17.9 Å². The number of fused-ring (bicyclic) bond motifs is 5. The lowest BCUT2D eigenvalue weighted by Gasteiger charge is -2.60. The molecule has 0 bridgehead atoms. The lowest BCUT2D eigenvalue weighted by Crippen LogP contribution is -2.63. The van der Waals surface area contributed by atoms with Gasteiger partial charge in [0.2, 0.25) is 0 Å². The maximum absolute atomic E-state index is 13.8. The maximum atomic E-state index is 13.8. The second-order valence-corrected chi connectivity index (χ2v) is 15.3. The van der Waals surface area contributed by atoms with Crippen LogP contribution in [0.25, 0.3) is 0 Å². The summed E-state index contributed by atoms with van der Waals surface area (Å²) in [6, 6.07) is 10.4. The van der Waals surface area contributed by atoms with E-state index in [1.165, 1.54) is 5.56 Å². The van der Waals surface area contributed by atoms with E-state index in [2.05, 4.69) is 52.0 Å². The first-order valence-corrected chi connectivity index (χ1v) is 16.5. The summed E-state index contributed by atoms with van der Waals surface area (Å²) in [4.78, 5) is 13.8. The van der Waals surface area contributed by atoms with E-state index in [-0.39, 0.29) is 41.0 Å². The number of hydrogen-bond donors (Lipinski definition) is 3. The van der Waals surface area contributed by atoms with Crippen LogP contribution in [-0.4, -0.2) is 63.8 Å². The molecule has 4 fully saturated rings. The number of allylic oxidation sites excluding steroid dienone is 1. The topological polar surface area (TPSA) is 96.2 Å². The number of hydrogen-bond acceptors (Lipinski definition) is 6. The van der Waals surface area contributed by atoms with Crippen molar-refractivity contribution in [2.75, 3.05) is 13.2 Å².